The molecule has 0 spiro atoms. The summed E-state index contributed by atoms with van der Waals surface area (Å²) in [5.41, 5.74) is 8.49. The largest absolute Gasteiger partial charge is 0.330 e. The molecule has 6 heteroatoms. The van der Waals surface area contributed by atoms with Crippen LogP contribution in [0.15, 0.2) is 18.2 Å². The van der Waals surface area contributed by atoms with Gasteiger partial charge in [0.05, 0.1) is 6.42 Å². The number of hydrogen-bond donors (Lipinski definition) is 1. The molecule has 0 radical (unpaired) electrons. The van der Waals surface area contributed by atoms with Crippen LogP contribution in [0.25, 0.3) is 11.4 Å². The summed E-state index contributed by atoms with van der Waals surface area (Å²) in [6, 6.07) is 5.91. The van der Waals surface area contributed by atoms with Crippen LogP contribution in [-0.2, 0) is 24.7 Å². The highest BCUT2D eigenvalue weighted by molar-refractivity contribution is 6.01. The molecule has 0 atom stereocenters. The third-order valence-electron chi connectivity index (χ3n) is 3.64. The maximum atomic E-state index is 11.7. The number of likely N-dealkylation sites (N-methyl/N-ethyl adjacent to an activating group) is 1. The van der Waals surface area contributed by atoms with Gasteiger partial charge in [0.1, 0.15) is 5.82 Å². The highest BCUT2D eigenvalue weighted by Crippen LogP contribution is 2.31. The van der Waals surface area contributed by atoms with E-state index in [4.69, 9.17) is 5.73 Å². The molecular weight excluding hydrogens is 254 g/mol. The number of aromatic nitrogens is 3. The molecule has 104 valence electrons. The van der Waals surface area contributed by atoms with Gasteiger partial charge in [0.2, 0.25) is 5.91 Å². The van der Waals surface area contributed by atoms with Gasteiger partial charge in [0.25, 0.3) is 0 Å². The molecule has 0 unspecified atom stereocenters. The van der Waals surface area contributed by atoms with Gasteiger partial charge in [-0.1, -0.05) is 0 Å². The predicted octanol–water partition coefficient (Wildman–Crippen LogP) is 0.502. The van der Waals surface area contributed by atoms with Crippen LogP contribution in [0.1, 0.15) is 11.4 Å². The highest BCUT2D eigenvalue weighted by atomic mass is 16.2. The van der Waals surface area contributed by atoms with Gasteiger partial charge >= 0.3 is 0 Å². The molecule has 0 saturated carbocycles. The number of hydrogen-bond acceptors (Lipinski definition) is 4. The van der Waals surface area contributed by atoms with Gasteiger partial charge in [-0.05, 0) is 30.3 Å². The highest BCUT2D eigenvalue weighted by Gasteiger charge is 2.24. The molecule has 1 amide bonds. The number of carbonyl (C=O) groups excluding carboxylic acids is 1. The molecule has 1 aliphatic heterocycles. The minimum absolute atomic E-state index is 0.120. The molecule has 2 heterocycles. The van der Waals surface area contributed by atoms with Gasteiger partial charge in [-0.3, -0.25) is 9.48 Å². The van der Waals surface area contributed by atoms with E-state index in [0.717, 1.165) is 22.6 Å². The summed E-state index contributed by atoms with van der Waals surface area (Å²) in [7, 11) is 3.67. The Morgan fingerprint density at radius 2 is 2.15 bits per heavy atom. The van der Waals surface area contributed by atoms with E-state index in [9.17, 15) is 4.79 Å². The van der Waals surface area contributed by atoms with Crippen LogP contribution in [0.4, 0.5) is 5.69 Å². The molecule has 3 rings (SSSR count). The average Bonchev–Trinajstić information content (AvgIpc) is 2.92. The summed E-state index contributed by atoms with van der Waals surface area (Å²) in [6.45, 7) is 0.551. The van der Waals surface area contributed by atoms with Crippen LogP contribution >= 0.6 is 0 Å². The molecule has 0 fully saturated rings. The average molecular weight is 271 g/mol. The number of nitrogens with zero attached hydrogens (tertiary/aromatic N) is 4. The van der Waals surface area contributed by atoms with E-state index < -0.39 is 0 Å². The van der Waals surface area contributed by atoms with Crippen LogP contribution < -0.4 is 10.6 Å². The Labute approximate surface area is 117 Å². The number of carbonyl (C=O) groups is 1. The molecule has 6 nitrogen and oxygen atoms in total. The first-order valence-electron chi connectivity index (χ1n) is 6.60. The van der Waals surface area contributed by atoms with Crippen LogP contribution in [0, 0.1) is 0 Å². The minimum atomic E-state index is 0.120. The van der Waals surface area contributed by atoms with Crippen molar-refractivity contribution in [3.63, 3.8) is 0 Å². The molecule has 2 N–H and O–H groups in total. The molecule has 1 aliphatic rings. The zero-order valence-electron chi connectivity index (χ0n) is 11.6. The second kappa shape index (κ2) is 4.72. The molecule has 1 aromatic heterocycles. The maximum Gasteiger partial charge on any atom is 0.231 e. The first-order chi connectivity index (χ1) is 9.60. The third kappa shape index (κ3) is 1.98. The van der Waals surface area contributed by atoms with Gasteiger partial charge in [0, 0.05) is 31.8 Å². The lowest BCUT2D eigenvalue weighted by molar-refractivity contribution is -0.117. The Kier molecular flexibility index (Phi) is 3.02. The fourth-order valence-corrected chi connectivity index (χ4v) is 2.50. The van der Waals surface area contributed by atoms with Crippen molar-refractivity contribution in [2.75, 3.05) is 18.5 Å². The normalized spacial score (nSPS) is 13.9. The Morgan fingerprint density at radius 1 is 1.35 bits per heavy atom. The predicted molar refractivity (Wildman–Crippen MR) is 76.3 cm³/mol. The van der Waals surface area contributed by atoms with Gasteiger partial charge < -0.3 is 10.6 Å². The quantitative estimate of drug-likeness (QED) is 0.882. The number of anilines is 1. The van der Waals surface area contributed by atoms with Crippen molar-refractivity contribution in [1.29, 1.82) is 0 Å². The topological polar surface area (TPSA) is 77.0 Å². The molecule has 1 aromatic carbocycles. The van der Waals surface area contributed by atoms with Gasteiger partial charge in [-0.15, -0.1) is 0 Å². The smallest absolute Gasteiger partial charge is 0.231 e. The Bertz CT molecular complexity index is 676. The van der Waals surface area contributed by atoms with Crippen LogP contribution in [0.2, 0.25) is 0 Å². The Morgan fingerprint density at radius 3 is 2.90 bits per heavy atom. The SMILES string of the molecule is CN1C(=O)Cc2cc(-c3nc(CCN)n(C)n3)ccc21. The first-order valence-corrected chi connectivity index (χ1v) is 6.60. The van der Waals surface area contributed by atoms with Crippen LogP contribution in [0.3, 0.4) is 0 Å². The van der Waals surface area contributed by atoms with Crippen molar-refractivity contribution in [1.82, 2.24) is 14.8 Å². The standard InChI is InChI=1S/C14H17N5O/c1-18-11-4-3-9(7-10(11)8-13(18)20)14-16-12(5-6-15)19(2)17-14/h3-4,7H,5-6,8,15H2,1-2H3. The number of amides is 1. The van der Waals surface area contributed by atoms with Crippen molar-refractivity contribution in [3.8, 4) is 11.4 Å². The summed E-state index contributed by atoms with van der Waals surface area (Å²) >= 11 is 0. The summed E-state index contributed by atoms with van der Waals surface area (Å²) in [6.07, 6.45) is 1.15. The molecule has 0 bridgehead atoms. The number of benzene rings is 1. The number of rotatable bonds is 3. The molecule has 2 aromatic rings. The second-order valence-electron chi connectivity index (χ2n) is 4.99. The number of fused-ring (bicyclic) bond motifs is 1. The van der Waals surface area contributed by atoms with E-state index in [1.165, 1.54) is 0 Å². The summed E-state index contributed by atoms with van der Waals surface area (Å²) in [5, 5.41) is 4.41. The molecule has 0 aliphatic carbocycles. The van der Waals surface area contributed by atoms with E-state index >= 15 is 0 Å². The maximum absolute atomic E-state index is 11.7. The zero-order valence-corrected chi connectivity index (χ0v) is 11.6. The van der Waals surface area contributed by atoms with Gasteiger partial charge in [-0.2, -0.15) is 5.10 Å². The van der Waals surface area contributed by atoms with Crippen molar-refractivity contribution >= 4 is 11.6 Å². The van der Waals surface area contributed by atoms with Gasteiger partial charge in [0.15, 0.2) is 5.82 Å². The summed E-state index contributed by atoms with van der Waals surface area (Å²) in [4.78, 5) is 17.9. The summed E-state index contributed by atoms with van der Waals surface area (Å²) < 4.78 is 1.76. The van der Waals surface area contributed by atoms with E-state index in [1.807, 2.05) is 25.2 Å². The van der Waals surface area contributed by atoms with E-state index in [-0.39, 0.29) is 5.91 Å². The fourth-order valence-electron chi connectivity index (χ4n) is 2.50. The molecule has 20 heavy (non-hydrogen) atoms. The van der Waals surface area contributed by atoms with Crippen molar-refractivity contribution < 1.29 is 4.79 Å². The lowest BCUT2D eigenvalue weighted by atomic mass is 10.1. The van der Waals surface area contributed by atoms with Crippen molar-refractivity contribution in [3.05, 3.63) is 29.6 Å². The molecular formula is C14H17N5O. The van der Waals surface area contributed by atoms with Crippen LogP contribution in [0.5, 0.6) is 0 Å². The Hall–Kier alpha value is -2.21. The van der Waals surface area contributed by atoms with E-state index in [0.29, 0.717) is 25.2 Å². The molecule has 0 saturated heterocycles. The lowest BCUT2D eigenvalue weighted by Crippen LogP contribution is -2.20. The Balaban J connectivity index is 1.98. The van der Waals surface area contributed by atoms with Crippen LogP contribution in [-0.4, -0.2) is 34.3 Å². The fraction of sp³-hybridized carbons (Fsp3) is 0.357. The minimum Gasteiger partial charge on any atom is -0.330 e. The number of nitrogens with two attached hydrogens (primary N) is 1. The summed E-state index contributed by atoms with van der Waals surface area (Å²) in [5.74, 6) is 1.67. The zero-order chi connectivity index (χ0) is 14.3. The first kappa shape index (κ1) is 12.8. The van der Waals surface area contributed by atoms with Crippen molar-refractivity contribution in [2.45, 2.75) is 12.8 Å². The van der Waals surface area contributed by atoms with Crippen molar-refractivity contribution in [2.24, 2.45) is 12.8 Å². The van der Waals surface area contributed by atoms with Gasteiger partial charge in [-0.25, -0.2) is 4.98 Å². The monoisotopic (exact) mass is 271 g/mol. The number of aryl methyl sites for hydroxylation is 1. The van der Waals surface area contributed by atoms with E-state index in [2.05, 4.69) is 10.1 Å². The second-order valence-corrected chi connectivity index (χ2v) is 4.99. The third-order valence-corrected chi connectivity index (χ3v) is 3.64. The lowest BCUT2D eigenvalue weighted by Gasteiger charge is -2.09. The van der Waals surface area contributed by atoms with E-state index in [1.54, 1.807) is 16.6 Å².